The molecule has 0 fully saturated rings. The van der Waals surface area contributed by atoms with Crippen LogP contribution >= 0.6 is 0 Å². The molecule has 0 spiro atoms. The van der Waals surface area contributed by atoms with Gasteiger partial charge in [-0.05, 0) is 31.0 Å². The first-order valence-electron chi connectivity index (χ1n) is 8.27. The fourth-order valence-corrected chi connectivity index (χ4v) is 3.17. The molecule has 0 atom stereocenters. The van der Waals surface area contributed by atoms with Crippen molar-refractivity contribution in [1.29, 1.82) is 0 Å². The van der Waals surface area contributed by atoms with E-state index in [-0.39, 0.29) is 23.7 Å². The highest BCUT2D eigenvalue weighted by Crippen LogP contribution is 2.35. The van der Waals surface area contributed by atoms with Crippen molar-refractivity contribution >= 4 is 17.5 Å². The average Bonchev–Trinajstić information content (AvgIpc) is 2.66. The van der Waals surface area contributed by atoms with Crippen LogP contribution in [0.15, 0.2) is 30.5 Å². The zero-order valence-corrected chi connectivity index (χ0v) is 14.6. The SMILES string of the molecule is CCOC(=O)c1ccnc(N2CCc3c(cccc3OC)C2)c1[N+](=O)[O-]. The summed E-state index contributed by atoms with van der Waals surface area (Å²) in [5.41, 5.74) is 1.71. The van der Waals surface area contributed by atoms with Gasteiger partial charge in [0.25, 0.3) is 0 Å². The Balaban J connectivity index is 2.01. The van der Waals surface area contributed by atoms with Gasteiger partial charge in [-0.3, -0.25) is 10.1 Å². The summed E-state index contributed by atoms with van der Waals surface area (Å²) in [5, 5.41) is 11.7. The van der Waals surface area contributed by atoms with Gasteiger partial charge in [-0.15, -0.1) is 0 Å². The second-order valence-corrected chi connectivity index (χ2v) is 5.78. The smallest absolute Gasteiger partial charge is 0.345 e. The maximum absolute atomic E-state index is 12.1. The molecule has 1 aromatic heterocycles. The molecule has 0 N–H and O–H groups in total. The molecule has 0 saturated carbocycles. The average molecular weight is 357 g/mol. The molecule has 0 saturated heterocycles. The predicted molar refractivity (Wildman–Crippen MR) is 94.6 cm³/mol. The number of nitrogens with zero attached hydrogens (tertiary/aromatic N) is 3. The molecule has 3 rings (SSSR count). The van der Waals surface area contributed by atoms with Crippen LogP contribution in [0.3, 0.4) is 0 Å². The molecule has 0 bridgehead atoms. The summed E-state index contributed by atoms with van der Waals surface area (Å²) in [6.07, 6.45) is 2.07. The van der Waals surface area contributed by atoms with Crippen LogP contribution < -0.4 is 9.64 Å². The maximum atomic E-state index is 12.1. The molecule has 26 heavy (non-hydrogen) atoms. The van der Waals surface area contributed by atoms with Crippen molar-refractivity contribution in [2.24, 2.45) is 0 Å². The van der Waals surface area contributed by atoms with Crippen LogP contribution in [0.2, 0.25) is 0 Å². The molecule has 2 aromatic rings. The molecular formula is C18H19N3O5. The Morgan fingerprint density at radius 3 is 2.88 bits per heavy atom. The number of ether oxygens (including phenoxy) is 2. The molecule has 8 heteroatoms. The number of carbonyl (C=O) groups is 1. The number of carbonyl (C=O) groups excluding carboxylic acids is 1. The molecule has 1 aromatic carbocycles. The number of methoxy groups -OCH3 is 1. The van der Waals surface area contributed by atoms with E-state index in [1.807, 2.05) is 23.1 Å². The molecule has 1 aliphatic heterocycles. The van der Waals surface area contributed by atoms with E-state index >= 15 is 0 Å². The van der Waals surface area contributed by atoms with Crippen molar-refractivity contribution in [2.75, 3.05) is 25.2 Å². The Morgan fingerprint density at radius 1 is 1.38 bits per heavy atom. The highest BCUT2D eigenvalue weighted by molar-refractivity contribution is 5.96. The summed E-state index contributed by atoms with van der Waals surface area (Å²) in [6, 6.07) is 7.07. The standard InChI is InChI=1S/C18H19N3O5/c1-3-26-18(22)14-7-9-19-17(16(14)21(23)24)20-10-8-13-12(11-20)5-4-6-15(13)25-2/h4-7,9H,3,8,10-11H2,1-2H3. The van der Waals surface area contributed by atoms with Crippen LogP contribution in [0.5, 0.6) is 5.75 Å². The lowest BCUT2D eigenvalue weighted by Crippen LogP contribution is -2.32. The molecule has 2 heterocycles. The van der Waals surface area contributed by atoms with E-state index in [9.17, 15) is 14.9 Å². The van der Waals surface area contributed by atoms with Crippen molar-refractivity contribution in [3.8, 4) is 5.75 Å². The number of hydrogen-bond acceptors (Lipinski definition) is 7. The lowest BCUT2D eigenvalue weighted by molar-refractivity contribution is -0.384. The van der Waals surface area contributed by atoms with E-state index in [0.29, 0.717) is 19.5 Å². The molecule has 0 unspecified atom stereocenters. The monoisotopic (exact) mass is 357 g/mol. The topological polar surface area (TPSA) is 94.8 Å². The fourth-order valence-electron chi connectivity index (χ4n) is 3.17. The zero-order valence-electron chi connectivity index (χ0n) is 14.6. The first-order chi connectivity index (χ1) is 12.6. The van der Waals surface area contributed by atoms with Gasteiger partial charge in [0.15, 0.2) is 0 Å². The third-order valence-corrected chi connectivity index (χ3v) is 4.33. The van der Waals surface area contributed by atoms with Gasteiger partial charge in [-0.25, -0.2) is 9.78 Å². The fraction of sp³-hybridized carbons (Fsp3) is 0.333. The van der Waals surface area contributed by atoms with E-state index in [1.54, 1.807) is 14.0 Å². The molecular weight excluding hydrogens is 338 g/mol. The van der Waals surface area contributed by atoms with Crippen molar-refractivity contribution < 1.29 is 19.2 Å². The van der Waals surface area contributed by atoms with Gasteiger partial charge in [0.2, 0.25) is 5.82 Å². The second kappa shape index (κ2) is 7.38. The Labute approximate surface area is 150 Å². The van der Waals surface area contributed by atoms with Gasteiger partial charge in [0.1, 0.15) is 11.3 Å². The molecule has 0 aliphatic carbocycles. The van der Waals surface area contributed by atoms with E-state index in [1.165, 1.54) is 12.3 Å². The second-order valence-electron chi connectivity index (χ2n) is 5.78. The minimum absolute atomic E-state index is 0.0849. The number of anilines is 1. The molecule has 0 amide bonds. The van der Waals surface area contributed by atoms with E-state index in [4.69, 9.17) is 9.47 Å². The van der Waals surface area contributed by atoms with Crippen molar-refractivity contribution in [1.82, 2.24) is 4.98 Å². The summed E-state index contributed by atoms with van der Waals surface area (Å²) in [4.78, 5) is 29.2. The van der Waals surface area contributed by atoms with Crippen LogP contribution in [0, 0.1) is 10.1 Å². The van der Waals surface area contributed by atoms with Crippen LogP contribution in [0.4, 0.5) is 11.5 Å². The van der Waals surface area contributed by atoms with Gasteiger partial charge in [-0.2, -0.15) is 0 Å². The predicted octanol–water partition coefficient (Wildman–Crippen LogP) is 2.74. The van der Waals surface area contributed by atoms with Crippen LogP contribution in [0.1, 0.15) is 28.4 Å². The van der Waals surface area contributed by atoms with Crippen molar-refractivity contribution in [2.45, 2.75) is 19.9 Å². The number of benzene rings is 1. The maximum Gasteiger partial charge on any atom is 0.345 e. The lowest BCUT2D eigenvalue weighted by atomic mass is 9.98. The first kappa shape index (κ1) is 17.7. The number of aromatic nitrogens is 1. The van der Waals surface area contributed by atoms with Crippen LogP contribution in [0.25, 0.3) is 0 Å². The minimum Gasteiger partial charge on any atom is -0.496 e. The summed E-state index contributed by atoms with van der Waals surface area (Å²) in [6.45, 7) is 2.78. The third kappa shape index (κ3) is 3.17. The minimum atomic E-state index is -0.720. The van der Waals surface area contributed by atoms with Gasteiger partial charge >= 0.3 is 11.7 Å². The van der Waals surface area contributed by atoms with Gasteiger partial charge in [0.05, 0.1) is 18.6 Å². The van der Waals surface area contributed by atoms with E-state index in [2.05, 4.69) is 4.98 Å². The lowest BCUT2D eigenvalue weighted by Gasteiger charge is -2.30. The highest BCUT2D eigenvalue weighted by atomic mass is 16.6. The van der Waals surface area contributed by atoms with Crippen LogP contribution in [-0.4, -0.2) is 36.1 Å². The van der Waals surface area contributed by atoms with E-state index < -0.39 is 10.9 Å². The Kier molecular flexibility index (Phi) is 5.01. The number of hydrogen-bond donors (Lipinski definition) is 0. The van der Waals surface area contributed by atoms with Gasteiger partial charge < -0.3 is 14.4 Å². The van der Waals surface area contributed by atoms with Gasteiger partial charge in [0, 0.05) is 24.8 Å². The summed E-state index contributed by atoms with van der Waals surface area (Å²) >= 11 is 0. The molecule has 0 radical (unpaired) electrons. The largest absolute Gasteiger partial charge is 0.496 e. The van der Waals surface area contributed by atoms with Crippen molar-refractivity contribution in [3.63, 3.8) is 0 Å². The zero-order chi connectivity index (χ0) is 18.7. The third-order valence-electron chi connectivity index (χ3n) is 4.33. The number of fused-ring (bicyclic) bond motifs is 1. The molecule has 1 aliphatic rings. The first-order valence-corrected chi connectivity index (χ1v) is 8.27. The van der Waals surface area contributed by atoms with Crippen molar-refractivity contribution in [3.05, 3.63) is 57.3 Å². The highest BCUT2D eigenvalue weighted by Gasteiger charge is 2.31. The number of rotatable bonds is 5. The summed E-state index contributed by atoms with van der Waals surface area (Å²) in [5.74, 6) is 0.265. The Morgan fingerprint density at radius 2 is 2.19 bits per heavy atom. The summed E-state index contributed by atoms with van der Waals surface area (Å²) in [7, 11) is 1.62. The normalized spacial score (nSPS) is 13.1. The Bertz CT molecular complexity index is 853. The number of pyridine rings is 1. The Hall–Kier alpha value is -3.16. The quantitative estimate of drug-likeness (QED) is 0.461. The van der Waals surface area contributed by atoms with E-state index in [0.717, 1.165) is 16.9 Å². The van der Waals surface area contributed by atoms with Crippen LogP contribution in [-0.2, 0) is 17.7 Å². The number of nitro groups is 1. The van der Waals surface area contributed by atoms with Gasteiger partial charge in [-0.1, -0.05) is 12.1 Å². The molecule has 8 nitrogen and oxygen atoms in total. The summed E-state index contributed by atoms with van der Waals surface area (Å²) < 4.78 is 10.3. The molecule has 136 valence electrons. The number of esters is 1.